The second-order valence-electron chi connectivity index (χ2n) is 5.33. The molecule has 0 unspecified atom stereocenters. The van der Waals surface area contributed by atoms with Crippen molar-refractivity contribution in [2.75, 3.05) is 25.1 Å². The maximum Gasteiger partial charge on any atom is 0.251 e. The number of amides is 1. The summed E-state index contributed by atoms with van der Waals surface area (Å²) in [5.74, 6) is 0.596. The van der Waals surface area contributed by atoms with Crippen molar-refractivity contribution in [2.45, 2.75) is 6.92 Å². The fourth-order valence-electron chi connectivity index (χ4n) is 2.34. The molecule has 0 saturated heterocycles. The average Bonchev–Trinajstić information content (AvgIpc) is 3.02. The number of carbonyl (C=O) groups is 1. The van der Waals surface area contributed by atoms with Crippen molar-refractivity contribution in [1.82, 2.24) is 19.9 Å². The predicted molar refractivity (Wildman–Crippen MR) is 98.3 cm³/mol. The summed E-state index contributed by atoms with van der Waals surface area (Å²) in [4.78, 5) is 16.4. The van der Waals surface area contributed by atoms with Gasteiger partial charge in [0.15, 0.2) is 5.65 Å². The lowest BCUT2D eigenvalue weighted by molar-refractivity contribution is 0.0944. The summed E-state index contributed by atoms with van der Waals surface area (Å²) < 4.78 is 7.19. The van der Waals surface area contributed by atoms with Crippen LogP contribution in [0.5, 0.6) is 5.75 Å². The minimum Gasteiger partial charge on any atom is -0.492 e. The van der Waals surface area contributed by atoms with Gasteiger partial charge in [-0.2, -0.15) is 4.98 Å². The van der Waals surface area contributed by atoms with Crippen molar-refractivity contribution in [3.8, 4) is 5.75 Å². The second kappa shape index (κ2) is 8.03. The molecule has 0 fully saturated rings. The van der Waals surface area contributed by atoms with Crippen LogP contribution in [-0.4, -0.2) is 45.4 Å². The van der Waals surface area contributed by atoms with E-state index in [1.54, 1.807) is 41.0 Å². The molecule has 0 aliphatic rings. The number of nitrogens with zero attached hydrogens (tertiary/aromatic N) is 3. The van der Waals surface area contributed by atoms with Gasteiger partial charge >= 0.3 is 0 Å². The lowest BCUT2D eigenvalue weighted by Gasteiger charge is -2.12. The van der Waals surface area contributed by atoms with Gasteiger partial charge in [0, 0.05) is 18.3 Å². The molecule has 9 heteroatoms. The number of halogens is 1. The van der Waals surface area contributed by atoms with Crippen LogP contribution in [0.15, 0.2) is 36.5 Å². The molecule has 0 saturated carbocycles. The maximum atomic E-state index is 12.0. The smallest absolute Gasteiger partial charge is 0.251 e. The van der Waals surface area contributed by atoms with Crippen molar-refractivity contribution in [1.29, 1.82) is 0 Å². The van der Waals surface area contributed by atoms with Crippen molar-refractivity contribution in [2.24, 2.45) is 0 Å². The Morgan fingerprint density at radius 3 is 2.96 bits per heavy atom. The van der Waals surface area contributed by atoms with Gasteiger partial charge in [-0.15, -0.1) is 5.10 Å². The number of rotatable bonds is 7. The molecule has 2 aromatic heterocycles. The third kappa shape index (κ3) is 4.04. The number of carbonyl (C=O) groups excluding carboxylic acids is 1. The number of benzene rings is 1. The first-order chi connectivity index (χ1) is 12.6. The SMILES string of the molecule is CCOc1cc(C(=O)NCCO)ccc1Nc1nc2ccc(Cl)cn2n1. The van der Waals surface area contributed by atoms with Gasteiger partial charge in [0.2, 0.25) is 5.95 Å². The number of pyridine rings is 1. The summed E-state index contributed by atoms with van der Waals surface area (Å²) >= 11 is 5.96. The van der Waals surface area contributed by atoms with Crippen molar-refractivity contribution < 1.29 is 14.6 Å². The molecule has 136 valence electrons. The van der Waals surface area contributed by atoms with Crippen LogP contribution in [0.4, 0.5) is 11.6 Å². The molecule has 1 amide bonds. The zero-order valence-electron chi connectivity index (χ0n) is 14.1. The lowest BCUT2D eigenvalue weighted by atomic mass is 10.1. The first kappa shape index (κ1) is 18.0. The molecule has 8 nitrogen and oxygen atoms in total. The molecular weight excluding hydrogens is 358 g/mol. The van der Waals surface area contributed by atoms with Gasteiger partial charge in [-0.25, -0.2) is 4.52 Å². The monoisotopic (exact) mass is 375 g/mol. The highest BCUT2D eigenvalue weighted by Gasteiger charge is 2.12. The van der Waals surface area contributed by atoms with Gasteiger partial charge in [-0.3, -0.25) is 4.79 Å². The van der Waals surface area contributed by atoms with Crippen LogP contribution in [0.3, 0.4) is 0 Å². The molecule has 3 N–H and O–H groups in total. The average molecular weight is 376 g/mol. The fourth-order valence-corrected chi connectivity index (χ4v) is 2.50. The quantitative estimate of drug-likeness (QED) is 0.585. The van der Waals surface area contributed by atoms with Crippen LogP contribution in [-0.2, 0) is 0 Å². The van der Waals surface area contributed by atoms with E-state index < -0.39 is 0 Å². The molecule has 1 aromatic carbocycles. The molecule has 0 radical (unpaired) electrons. The van der Waals surface area contributed by atoms with E-state index in [0.717, 1.165) is 0 Å². The molecule has 0 atom stereocenters. The molecule has 3 aromatic rings. The summed E-state index contributed by atoms with van der Waals surface area (Å²) in [6, 6.07) is 8.51. The van der Waals surface area contributed by atoms with Crippen molar-refractivity contribution >= 4 is 34.8 Å². The van der Waals surface area contributed by atoms with E-state index >= 15 is 0 Å². The summed E-state index contributed by atoms with van der Waals surface area (Å²) in [5, 5.41) is 19.4. The molecule has 2 heterocycles. The maximum absolute atomic E-state index is 12.0. The van der Waals surface area contributed by atoms with Crippen LogP contribution in [0, 0.1) is 0 Å². The number of nitrogens with one attached hydrogen (secondary N) is 2. The van der Waals surface area contributed by atoms with E-state index in [1.807, 2.05) is 6.92 Å². The number of fused-ring (bicyclic) bond motifs is 1. The zero-order chi connectivity index (χ0) is 18.5. The summed E-state index contributed by atoms with van der Waals surface area (Å²) in [6.45, 7) is 2.36. The Labute approximate surface area is 154 Å². The highest BCUT2D eigenvalue weighted by atomic mass is 35.5. The Bertz CT molecular complexity index is 928. The standard InChI is InChI=1S/C17H18ClN5O3/c1-2-26-14-9-11(16(25)19-7-8-24)3-5-13(14)20-17-21-15-6-4-12(18)10-23(15)22-17/h3-6,9-10,24H,2,7-8H2,1H3,(H,19,25)(H,20,22). The van der Waals surface area contributed by atoms with Crippen molar-refractivity contribution in [3.05, 3.63) is 47.1 Å². The van der Waals surface area contributed by atoms with Crippen molar-refractivity contribution in [3.63, 3.8) is 0 Å². The van der Waals surface area contributed by atoms with Gasteiger partial charge in [-0.1, -0.05) is 11.6 Å². The Morgan fingerprint density at radius 1 is 1.35 bits per heavy atom. The summed E-state index contributed by atoms with van der Waals surface area (Å²) in [5.41, 5.74) is 1.71. The molecule has 26 heavy (non-hydrogen) atoms. The third-order valence-electron chi connectivity index (χ3n) is 3.48. The highest BCUT2D eigenvalue weighted by Crippen LogP contribution is 2.28. The number of anilines is 2. The lowest BCUT2D eigenvalue weighted by Crippen LogP contribution is -2.26. The first-order valence-electron chi connectivity index (χ1n) is 8.05. The molecule has 0 aliphatic heterocycles. The number of hydrogen-bond donors (Lipinski definition) is 3. The topological polar surface area (TPSA) is 101 Å². The van der Waals surface area contributed by atoms with E-state index in [9.17, 15) is 4.79 Å². The Morgan fingerprint density at radius 2 is 2.19 bits per heavy atom. The van der Waals surface area contributed by atoms with Crippen LogP contribution >= 0.6 is 11.6 Å². The van der Waals surface area contributed by atoms with E-state index in [4.69, 9.17) is 21.4 Å². The van der Waals surface area contributed by atoms with E-state index in [0.29, 0.717) is 40.2 Å². The van der Waals surface area contributed by atoms with E-state index in [-0.39, 0.29) is 19.1 Å². The van der Waals surface area contributed by atoms with Gasteiger partial charge in [0.25, 0.3) is 5.91 Å². The Balaban J connectivity index is 1.86. The van der Waals surface area contributed by atoms with Crippen LogP contribution < -0.4 is 15.4 Å². The summed E-state index contributed by atoms with van der Waals surface area (Å²) in [7, 11) is 0. The molecular formula is C17H18ClN5O3. The van der Waals surface area contributed by atoms with E-state index in [1.165, 1.54) is 0 Å². The number of hydrogen-bond acceptors (Lipinski definition) is 6. The number of aliphatic hydroxyl groups is 1. The highest BCUT2D eigenvalue weighted by molar-refractivity contribution is 6.30. The van der Waals surface area contributed by atoms with Gasteiger partial charge in [0.1, 0.15) is 5.75 Å². The van der Waals surface area contributed by atoms with Crippen LogP contribution in [0.25, 0.3) is 5.65 Å². The second-order valence-corrected chi connectivity index (χ2v) is 5.77. The minimum absolute atomic E-state index is 0.118. The van der Waals surface area contributed by atoms with Crippen LogP contribution in [0.1, 0.15) is 17.3 Å². The third-order valence-corrected chi connectivity index (χ3v) is 3.71. The molecule has 3 rings (SSSR count). The number of aromatic nitrogens is 3. The molecule has 0 spiro atoms. The number of aliphatic hydroxyl groups excluding tert-OH is 1. The molecule has 0 aliphatic carbocycles. The Kier molecular flexibility index (Phi) is 5.55. The van der Waals surface area contributed by atoms with E-state index in [2.05, 4.69) is 20.7 Å². The largest absolute Gasteiger partial charge is 0.492 e. The summed E-state index contributed by atoms with van der Waals surface area (Å²) in [6.07, 6.45) is 1.66. The fraction of sp³-hybridized carbons (Fsp3) is 0.235. The van der Waals surface area contributed by atoms with Gasteiger partial charge < -0.3 is 20.5 Å². The van der Waals surface area contributed by atoms with Gasteiger partial charge in [0.05, 0.1) is 23.9 Å². The normalized spacial score (nSPS) is 10.7. The predicted octanol–water partition coefficient (Wildman–Crippen LogP) is 2.25. The zero-order valence-corrected chi connectivity index (χ0v) is 14.8. The first-order valence-corrected chi connectivity index (χ1v) is 8.43. The minimum atomic E-state index is -0.285. The van der Waals surface area contributed by atoms with Gasteiger partial charge in [-0.05, 0) is 37.3 Å². The number of ether oxygens (including phenoxy) is 1. The molecule has 0 bridgehead atoms. The van der Waals surface area contributed by atoms with Crippen LogP contribution in [0.2, 0.25) is 5.02 Å². The Hall–Kier alpha value is -2.84.